The number of carbonyl (C=O) groups is 1. The Morgan fingerprint density at radius 2 is 2.03 bits per heavy atom. The summed E-state index contributed by atoms with van der Waals surface area (Å²) in [4.78, 5) is 30.8. The molecule has 0 bridgehead atoms. The van der Waals surface area contributed by atoms with Crippen molar-refractivity contribution in [1.82, 2.24) is 29.7 Å². The lowest BCUT2D eigenvalue weighted by atomic mass is 10.1. The SMILES string of the molecule is CCCCN1CCN(c2cc(Cl)nc(-n3ccnc3)n2)C(CC(=O)NCc2ccc(C)cc2)C1. The molecule has 8 nitrogen and oxygen atoms in total. The fourth-order valence-electron chi connectivity index (χ4n) is 4.21. The highest BCUT2D eigenvalue weighted by Gasteiger charge is 2.30. The van der Waals surface area contributed by atoms with Crippen LogP contribution in [0.25, 0.3) is 5.95 Å². The monoisotopic (exact) mass is 481 g/mol. The van der Waals surface area contributed by atoms with Gasteiger partial charge in [0, 0.05) is 51.1 Å². The summed E-state index contributed by atoms with van der Waals surface area (Å²) in [6, 6.07) is 10.00. The molecule has 3 heterocycles. The summed E-state index contributed by atoms with van der Waals surface area (Å²) in [5.41, 5.74) is 2.30. The predicted molar refractivity (Wildman–Crippen MR) is 134 cm³/mol. The average molecular weight is 482 g/mol. The van der Waals surface area contributed by atoms with Crippen LogP contribution in [0.5, 0.6) is 0 Å². The van der Waals surface area contributed by atoms with Gasteiger partial charge in [0.2, 0.25) is 11.9 Å². The molecule has 1 atom stereocenters. The van der Waals surface area contributed by atoms with E-state index in [9.17, 15) is 4.79 Å². The second kappa shape index (κ2) is 11.4. The van der Waals surface area contributed by atoms with Crippen molar-refractivity contribution in [2.45, 2.75) is 45.7 Å². The Hall–Kier alpha value is -2.97. The molecule has 2 aromatic heterocycles. The van der Waals surface area contributed by atoms with Crippen molar-refractivity contribution in [3.05, 3.63) is 65.3 Å². The van der Waals surface area contributed by atoms with E-state index < -0.39 is 0 Å². The Bertz CT molecular complexity index is 1070. The Balaban J connectivity index is 1.49. The van der Waals surface area contributed by atoms with Gasteiger partial charge in [-0.05, 0) is 25.5 Å². The zero-order valence-corrected chi connectivity index (χ0v) is 20.6. The third-order valence-corrected chi connectivity index (χ3v) is 6.32. The molecule has 0 saturated carbocycles. The molecule has 1 aliphatic rings. The summed E-state index contributed by atoms with van der Waals surface area (Å²) in [7, 11) is 0. The highest BCUT2D eigenvalue weighted by Crippen LogP contribution is 2.24. The Morgan fingerprint density at radius 1 is 1.21 bits per heavy atom. The van der Waals surface area contributed by atoms with Crippen LogP contribution in [0.3, 0.4) is 0 Å². The van der Waals surface area contributed by atoms with Gasteiger partial charge in [0.15, 0.2) is 0 Å². The molecule has 1 fully saturated rings. The lowest BCUT2D eigenvalue weighted by Gasteiger charge is -2.42. The van der Waals surface area contributed by atoms with E-state index in [1.165, 1.54) is 5.56 Å². The maximum Gasteiger partial charge on any atom is 0.238 e. The summed E-state index contributed by atoms with van der Waals surface area (Å²) >= 11 is 6.36. The van der Waals surface area contributed by atoms with Crippen LogP contribution in [-0.4, -0.2) is 62.5 Å². The minimum absolute atomic E-state index is 0.00905. The molecule has 180 valence electrons. The molecule has 0 spiro atoms. The van der Waals surface area contributed by atoms with E-state index in [-0.39, 0.29) is 11.9 Å². The summed E-state index contributed by atoms with van der Waals surface area (Å²) in [5, 5.41) is 3.45. The van der Waals surface area contributed by atoms with Crippen LogP contribution in [0.15, 0.2) is 49.1 Å². The molecule has 1 unspecified atom stereocenters. The lowest BCUT2D eigenvalue weighted by molar-refractivity contribution is -0.121. The Morgan fingerprint density at radius 3 is 2.76 bits per heavy atom. The van der Waals surface area contributed by atoms with E-state index in [4.69, 9.17) is 16.6 Å². The fourth-order valence-corrected chi connectivity index (χ4v) is 4.38. The third kappa shape index (κ3) is 6.33. The van der Waals surface area contributed by atoms with Crippen LogP contribution in [-0.2, 0) is 11.3 Å². The normalized spacial score (nSPS) is 16.6. The van der Waals surface area contributed by atoms with Crippen LogP contribution in [0.2, 0.25) is 5.15 Å². The van der Waals surface area contributed by atoms with Crippen molar-refractivity contribution in [2.75, 3.05) is 31.1 Å². The number of nitrogens with zero attached hydrogens (tertiary/aromatic N) is 6. The van der Waals surface area contributed by atoms with Gasteiger partial charge in [-0.2, -0.15) is 4.98 Å². The average Bonchev–Trinajstić information content (AvgIpc) is 3.37. The number of benzene rings is 1. The van der Waals surface area contributed by atoms with E-state index in [1.807, 2.05) is 0 Å². The van der Waals surface area contributed by atoms with E-state index in [1.54, 1.807) is 29.4 Å². The number of carbonyl (C=O) groups excluding carboxylic acids is 1. The van der Waals surface area contributed by atoms with Crippen molar-refractivity contribution in [3.8, 4) is 5.95 Å². The molecule has 4 rings (SSSR count). The van der Waals surface area contributed by atoms with Crippen molar-refractivity contribution in [3.63, 3.8) is 0 Å². The van der Waals surface area contributed by atoms with Crippen molar-refractivity contribution in [2.24, 2.45) is 0 Å². The highest BCUT2D eigenvalue weighted by molar-refractivity contribution is 6.29. The van der Waals surface area contributed by atoms with Gasteiger partial charge >= 0.3 is 0 Å². The first-order chi connectivity index (χ1) is 16.5. The van der Waals surface area contributed by atoms with Gasteiger partial charge < -0.3 is 10.2 Å². The van der Waals surface area contributed by atoms with Crippen molar-refractivity contribution >= 4 is 23.3 Å². The maximum absolute atomic E-state index is 12.9. The highest BCUT2D eigenvalue weighted by atomic mass is 35.5. The van der Waals surface area contributed by atoms with Gasteiger partial charge in [-0.25, -0.2) is 9.97 Å². The molecule has 1 N–H and O–H groups in total. The van der Waals surface area contributed by atoms with Crippen molar-refractivity contribution < 1.29 is 4.79 Å². The Labute approximate surface area is 206 Å². The smallest absolute Gasteiger partial charge is 0.238 e. The zero-order chi connectivity index (χ0) is 23.9. The first-order valence-electron chi connectivity index (χ1n) is 11.9. The number of aryl methyl sites for hydroxylation is 1. The largest absolute Gasteiger partial charge is 0.352 e. The van der Waals surface area contributed by atoms with Gasteiger partial charge in [0.25, 0.3) is 0 Å². The standard InChI is InChI=1S/C25H32ClN7O/c1-3-4-10-31-12-13-33(23-15-22(26)29-25(30-23)32-11-9-27-18-32)21(17-31)14-24(34)28-16-20-7-5-19(2)6-8-20/h5-9,11,15,18,21H,3-4,10,12-14,16-17H2,1-2H3,(H,28,34). The number of piperazine rings is 1. The van der Waals surface area contributed by atoms with E-state index in [0.29, 0.717) is 24.1 Å². The zero-order valence-electron chi connectivity index (χ0n) is 19.8. The molecule has 1 amide bonds. The van der Waals surface area contributed by atoms with Gasteiger partial charge in [0.05, 0.1) is 6.04 Å². The molecule has 1 aromatic carbocycles. The number of aromatic nitrogens is 4. The molecule has 1 aliphatic heterocycles. The number of imidazole rings is 1. The minimum atomic E-state index is -0.00905. The second-order valence-corrected chi connectivity index (χ2v) is 9.17. The van der Waals surface area contributed by atoms with Crippen LogP contribution in [0.1, 0.15) is 37.3 Å². The number of hydrogen-bond donors (Lipinski definition) is 1. The fraction of sp³-hybridized carbons (Fsp3) is 0.440. The molecule has 3 aromatic rings. The predicted octanol–water partition coefficient (Wildman–Crippen LogP) is 3.62. The van der Waals surface area contributed by atoms with E-state index >= 15 is 0 Å². The molecular formula is C25H32ClN7O. The second-order valence-electron chi connectivity index (χ2n) is 8.79. The summed E-state index contributed by atoms with van der Waals surface area (Å²) in [6.45, 7) is 8.32. The minimum Gasteiger partial charge on any atom is -0.352 e. The van der Waals surface area contributed by atoms with Crippen LogP contribution < -0.4 is 10.2 Å². The van der Waals surface area contributed by atoms with Gasteiger partial charge in [-0.1, -0.05) is 54.8 Å². The number of amides is 1. The first kappa shape index (κ1) is 24.2. The number of nitrogens with one attached hydrogen (secondary N) is 1. The topological polar surface area (TPSA) is 79.2 Å². The number of halogens is 1. The number of unbranched alkanes of at least 4 members (excludes halogenated alkanes) is 1. The summed E-state index contributed by atoms with van der Waals surface area (Å²) in [6.07, 6.45) is 7.80. The molecule has 9 heteroatoms. The van der Waals surface area contributed by atoms with Gasteiger partial charge in [0.1, 0.15) is 17.3 Å². The Kier molecular flexibility index (Phi) is 8.13. The number of hydrogen-bond acceptors (Lipinski definition) is 6. The molecule has 0 aliphatic carbocycles. The lowest BCUT2D eigenvalue weighted by Crippen LogP contribution is -2.55. The maximum atomic E-state index is 12.9. The first-order valence-corrected chi connectivity index (χ1v) is 12.2. The molecular weight excluding hydrogens is 450 g/mol. The number of rotatable bonds is 9. The quantitative estimate of drug-likeness (QED) is 0.470. The summed E-state index contributed by atoms with van der Waals surface area (Å²) in [5.74, 6) is 1.23. The molecule has 0 radical (unpaired) electrons. The number of anilines is 1. The van der Waals surface area contributed by atoms with E-state index in [2.05, 4.69) is 63.2 Å². The third-order valence-electron chi connectivity index (χ3n) is 6.13. The van der Waals surface area contributed by atoms with E-state index in [0.717, 1.165) is 50.4 Å². The summed E-state index contributed by atoms with van der Waals surface area (Å²) < 4.78 is 1.73. The molecule has 34 heavy (non-hydrogen) atoms. The van der Waals surface area contributed by atoms with Gasteiger partial charge in [-0.15, -0.1) is 0 Å². The van der Waals surface area contributed by atoms with Crippen molar-refractivity contribution in [1.29, 1.82) is 0 Å². The van der Waals surface area contributed by atoms with Crippen LogP contribution >= 0.6 is 11.6 Å². The molecule has 1 saturated heterocycles. The van der Waals surface area contributed by atoms with Crippen LogP contribution in [0.4, 0.5) is 5.82 Å². The van der Waals surface area contributed by atoms with Gasteiger partial charge in [-0.3, -0.25) is 14.3 Å². The van der Waals surface area contributed by atoms with Crippen LogP contribution in [0, 0.1) is 6.92 Å².